The summed E-state index contributed by atoms with van der Waals surface area (Å²) in [6.07, 6.45) is 0.571. The second kappa shape index (κ2) is 13.7. The predicted octanol–water partition coefficient (Wildman–Crippen LogP) is 7.05. The first-order valence-corrected chi connectivity index (χ1v) is 13.2. The van der Waals surface area contributed by atoms with Crippen LogP contribution in [-0.2, 0) is 42.9 Å². The Morgan fingerprint density at radius 3 is 1.50 bits per heavy atom. The van der Waals surface area contributed by atoms with Gasteiger partial charge in [-0.1, -0.05) is 116 Å². The molecule has 0 heterocycles. The second-order valence-corrected chi connectivity index (χ2v) is 9.85. The molecule has 0 saturated carbocycles. The van der Waals surface area contributed by atoms with Gasteiger partial charge in [-0.05, 0) is 42.2 Å². The van der Waals surface area contributed by atoms with E-state index in [1.807, 2.05) is 73.7 Å². The highest BCUT2D eigenvalue weighted by Gasteiger charge is 2.30. The zero-order valence-corrected chi connectivity index (χ0v) is 21.4. The summed E-state index contributed by atoms with van der Waals surface area (Å²) in [5.74, 6) is 0. The minimum atomic E-state index is -3.93. The number of rotatable bonds is 10. The third kappa shape index (κ3) is 8.43. The van der Waals surface area contributed by atoms with E-state index in [0.29, 0.717) is 19.6 Å². The van der Waals surface area contributed by atoms with Crippen molar-refractivity contribution in [2.45, 2.75) is 44.0 Å². The number of benzene rings is 4. The summed E-state index contributed by atoms with van der Waals surface area (Å²) in [6, 6.07) is 37.8. The lowest BCUT2D eigenvalue weighted by atomic mass is 9.94. The van der Waals surface area contributed by atoms with Crippen molar-refractivity contribution in [3.63, 3.8) is 0 Å². The quantitative estimate of drug-likeness (QED) is 0.171. The first kappa shape index (κ1) is 27.3. The van der Waals surface area contributed by atoms with E-state index in [0.717, 1.165) is 5.56 Å². The molecule has 0 spiro atoms. The fourth-order valence-electron chi connectivity index (χ4n) is 3.28. The van der Waals surface area contributed by atoms with E-state index < -0.39 is 15.7 Å². The smallest absolute Gasteiger partial charge is 0.323 e. The molecule has 188 valence electrons. The van der Waals surface area contributed by atoms with Gasteiger partial charge in [0.15, 0.2) is 0 Å². The summed E-state index contributed by atoms with van der Waals surface area (Å²) in [4.78, 5) is 5.36. The van der Waals surface area contributed by atoms with Crippen molar-refractivity contribution < 1.29 is 22.4 Å². The van der Waals surface area contributed by atoms with E-state index in [1.165, 1.54) is 23.3 Å². The van der Waals surface area contributed by atoms with Crippen LogP contribution in [0.2, 0.25) is 0 Å². The number of ether oxygens (including phenoxy) is 1. The van der Waals surface area contributed by atoms with Crippen molar-refractivity contribution >= 4 is 10.1 Å². The van der Waals surface area contributed by atoms with E-state index in [-0.39, 0.29) is 4.90 Å². The van der Waals surface area contributed by atoms with Crippen molar-refractivity contribution in [3.8, 4) is 0 Å². The average molecular weight is 505 g/mol. The molecule has 1 unspecified atom stereocenters. The van der Waals surface area contributed by atoms with Crippen molar-refractivity contribution in [2.24, 2.45) is 0 Å². The van der Waals surface area contributed by atoms with Gasteiger partial charge in [0.2, 0.25) is 0 Å². The standard InChI is InChI=1S/C16H18O4S.C14H14O/c1-3-16(2,14-10-6-4-7-11-14)19-20-21(17,18)15-12-8-5-9-13-15;1-3-7-13(8-4-1)11-15-12-14-9-5-2-6-10-14/h4-13H,3H2,1-2H3;1-10H,11-12H2. The summed E-state index contributed by atoms with van der Waals surface area (Å²) in [5.41, 5.74) is 2.46. The normalized spacial score (nSPS) is 12.7. The van der Waals surface area contributed by atoms with Gasteiger partial charge < -0.3 is 4.74 Å². The van der Waals surface area contributed by atoms with Gasteiger partial charge in [0.1, 0.15) is 5.60 Å². The molecule has 0 bridgehead atoms. The van der Waals surface area contributed by atoms with Gasteiger partial charge in [-0.15, -0.1) is 4.33 Å². The first-order chi connectivity index (χ1) is 17.4. The van der Waals surface area contributed by atoms with Crippen molar-refractivity contribution in [3.05, 3.63) is 138 Å². The average Bonchev–Trinajstić information content (AvgIpc) is 2.94. The van der Waals surface area contributed by atoms with Gasteiger partial charge in [-0.25, -0.2) is 4.89 Å². The fourth-order valence-corrected chi connectivity index (χ4v) is 4.09. The van der Waals surface area contributed by atoms with E-state index in [2.05, 4.69) is 24.3 Å². The molecule has 0 N–H and O–H groups in total. The van der Waals surface area contributed by atoms with E-state index in [9.17, 15) is 8.42 Å². The molecule has 6 heteroatoms. The minimum Gasteiger partial charge on any atom is -0.372 e. The Morgan fingerprint density at radius 2 is 1.06 bits per heavy atom. The third-order valence-corrected chi connectivity index (χ3v) is 6.72. The molecule has 4 rings (SSSR count). The van der Waals surface area contributed by atoms with Gasteiger partial charge >= 0.3 is 10.1 Å². The monoisotopic (exact) mass is 504 g/mol. The van der Waals surface area contributed by atoms with E-state index in [1.54, 1.807) is 25.1 Å². The molecular formula is C30H32O5S. The van der Waals surface area contributed by atoms with Crippen LogP contribution in [0, 0.1) is 0 Å². The van der Waals surface area contributed by atoms with Crippen LogP contribution in [0.25, 0.3) is 0 Å². The minimum absolute atomic E-state index is 0.0662. The summed E-state index contributed by atoms with van der Waals surface area (Å²) in [6.45, 7) is 5.06. The molecule has 0 aliphatic carbocycles. The Kier molecular flexibility index (Phi) is 10.4. The van der Waals surface area contributed by atoms with E-state index in [4.69, 9.17) is 14.0 Å². The summed E-state index contributed by atoms with van der Waals surface area (Å²) in [7, 11) is -3.93. The van der Waals surface area contributed by atoms with Crippen LogP contribution in [0.5, 0.6) is 0 Å². The summed E-state index contributed by atoms with van der Waals surface area (Å²) in [5, 5.41) is 0. The first-order valence-electron chi connectivity index (χ1n) is 11.8. The van der Waals surface area contributed by atoms with Gasteiger partial charge in [-0.2, -0.15) is 8.42 Å². The highest BCUT2D eigenvalue weighted by atomic mass is 32.2. The van der Waals surface area contributed by atoms with Crippen LogP contribution < -0.4 is 0 Å². The molecular weight excluding hydrogens is 472 g/mol. The van der Waals surface area contributed by atoms with E-state index >= 15 is 0 Å². The lowest BCUT2D eigenvalue weighted by molar-refractivity contribution is -0.290. The van der Waals surface area contributed by atoms with Crippen molar-refractivity contribution in [1.29, 1.82) is 0 Å². The second-order valence-electron chi connectivity index (χ2n) is 8.33. The van der Waals surface area contributed by atoms with Gasteiger partial charge in [0, 0.05) is 0 Å². The van der Waals surface area contributed by atoms with Crippen LogP contribution in [0.3, 0.4) is 0 Å². The molecule has 0 fully saturated rings. The SMILES string of the molecule is CCC(C)(OOS(=O)(=O)c1ccccc1)c1ccccc1.c1ccc(COCc2ccccc2)cc1. The van der Waals surface area contributed by atoms with Crippen LogP contribution >= 0.6 is 0 Å². The predicted molar refractivity (Wildman–Crippen MR) is 141 cm³/mol. The largest absolute Gasteiger partial charge is 0.372 e. The molecule has 0 aliphatic rings. The number of hydrogen-bond donors (Lipinski definition) is 0. The lowest BCUT2D eigenvalue weighted by Gasteiger charge is -2.26. The highest BCUT2D eigenvalue weighted by Crippen LogP contribution is 2.30. The summed E-state index contributed by atoms with van der Waals surface area (Å²) >= 11 is 0. The third-order valence-electron chi connectivity index (χ3n) is 5.62. The van der Waals surface area contributed by atoms with Crippen molar-refractivity contribution in [1.82, 2.24) is 0 Å². The van der Waals surface area contributed by atoms with Gasteiger partial charge in [0.25, 0.3) is 0 Å². The molecule has 0 saturated heterocycles. The molecule has 0 aromatic heterocycles. The highest BCUT2D eigenvalue weighted by molar-refractivity contribution is 7.86. The van der Waals surface area contributed by atoms with Gasteiger partial charge in [-0.3, -0.25) is 0 Å². The zero-order valence-electron chi connectivity index (χ0n) is 20.6. The lowest BCUT2D eigenvalue weighted by Crippen LogP contribution is -2.26. The van der Waals surface area contributed by atoms with Crippen molar-refractivity contribution in [2.75, 3.05) is 0 Å². The molecule has 36 heavy (non-hydrogen) atoms. The van der Waals surface area contributed by atoms with Crippen LogP contribution in [0.15, 0.2) is 126 Å². The Hall–Kier alpha value is -3.29. The maximum absolute atomic E-state index is 12.1. The maximum Gasteiger partial charge on any atom is 0.323 e. The Labute approximate surface area is 214 Å². The molecule has 1 atom stereocenters. The maximum atomic E-state index is 12.1. The molecule has 0 aliphatic heterocycles. The van der Waals surface area contributed by atoms with Gasteiger partial charge in [0.05, 0.1) is 18.1 Å². The van der Waals surface area contributed by atoms with Crippen LogP contribution in [-0.4, -0.2) is 8.42 Å². The zero-order chi connectivity index (χ0) is 25.7. The molecule has 0 amide bonds. The Morgan fingerprint density at radius 1 is 0.639 bits per heavy atom. The molecule has 0 radical (unpaired) electrons. The molecule has 5 nitrogen and oxygen atoms in total. The fraction of sp³-hybridized carbons (Fsp3) is 0.200. The number of hydrogen-bond acceptors (Lipinski definition) is 5. The molecule has 4 aromatic rings. The Bertz CT molecular complexity index is 1210. The Balaban J connectivity index is 0.000000212. The van der Waals surface area contributed by atoms with Crippen LogP contribution in [0.4, 0.5) is 0 Å². The topological polar surface area (TPSA) is 61.8 Å². The molecule has 4 aromatic carbocycles. The van der Waals surface area contributed by atoms with Crippen LogP contribution in [0.1, 0.15) is 37.0 Å². The summed E-state index contributed by atoms with van der Waals surface area (Å²) < 4.78 is 34.6.